The fourth-order valence-electron chi connectivity index (χ4n) is 1.64. The fourth-order valence-corrected chi connectivity index (χ4v) is 1.64. The Morgan fingerprint density at radius 1 is 1.44 bits per heavy atom. The maximum absolute atomic E-state index is 11.7. The lowest BCUT2D eigenvalue weighted by molar-refractivity contribution is -0.134. The molecule has 1 aliphatic carbocycles. The van der Waals surface area contributed by atoms with E-state index in [1.54, 1.807) is 13.1 Å². The molecule has 0 aromatic heterocycles. The van der Waals surface area contributed by atoms with Crippen LogP contribution >= 0.6 is 0 Å². The molecule has 0 amide bonds. The number of allylic oxidation sites excluding steroid dienone is 6. The summed E-state index contributed by atoms with van der Waals surface area (Å²) in [7, 11) is 0. The first-order chi connectivity index (χ1) is 7.81. The molecule has 0 radical (unpaired) electrons. The molecule has 0 saturated heterocycles. The standard InChI is InChI=1S/C13H13NO2/c1-2-16-13(15)12-11-6-4-3-5-10(9-11)7-8-14-12/h3-8H,2,9H2,1H3. The van der Waals surface area contributed by atoms with E-state index in [1.807, 2.05) is 30.4 Å². The molecule has 2 bridgehead atoms. The number of nitrogens with zero attached hydrogens (tertiary/aromatic N) is 1. The van der Waals surface area contributed by atoms with Gasteiger partial charge in [-0.2, -0.15) is 0 Å². The molecule has 2 rings (SSSR count). The number of fused-ring (bicyclic) bond motifs is 2. The number of ether oxygens (including phenoxy) is 1. The summed E-state index contributed by atoms with van der Waals surface area (Å²) in [6.07, 6.45) is 12.1. The van der Waals surface area contributed by atoms with Crippen molar-refractivity contribution in [1.82, 2.24) is 0 Å². The summed E-state index contributed by atoms with van der Waals surface area (Å²) >= 11 is 0. The summed E-state index contributed by atoms with van der Waals surface area (Å²) < 4.78 is 4.98. The van der Waals surface area contributed by atoms with Gasteiger partial charge in [-0.05, 0) is 30.6 Å². The van der Waals surface area contributed by atoms with Crippen molar-refractivity contribution in [3.05, 3.63) is 47.7 Å². The van der Waals surface area contributed by atoms with E-state index in [-0.39, 0.29) is 5.97 Å². The van der Waals surface area contributed by atoms with E-state index in [0.717, 1.165) is 17.6 Å². The molecule has 0 fully saturated rings. The Morgan fingerprint density at radius 3 is 3.06 bits per heavy atom. The van der Waals surface area contributed by atoms with Crippen molar-refractivity contribution in [3.8, 4) is 0 Å². The van der Waals surface area contributed by atoms with Crippen LogP contribution in [-0.2, 0) is 9.53 Å². The van der Waals surface area contributed by atoms with Crippen LogP contribution in [-0.4, -0.2) is 18.3 Å². The van der Waals surface area contributed by atoms with Gasteiger partial charge in [0.25, 0.3) is 0 Å². The van der Waals surface area contributed by atoms with E-state index in [4.69, 9.17) is 4.74 Å². The normalized spacial score (nSPS) is 17.9. The SMILES string of the molecule is CCOC(=O)C1=NC=CC2=CC=CC=C1C2. The van der Waals surface area contributed by atoms with E-state index in [1.165, 1.54) is 0 Å². The average molecular weight is 215 g/mol. The Hall–Kier alpha value is -1.90. The van der Waals surface area contributed by atoms with Crippen LogP contribution in [0.2, 0.25) is 0 Å². The van der Waals surface area contributed by atoms with Crippen molar-refractivity contribution in [1.29, 1.82) is 0 Å². The summed E-state index contributed by atoms with van der Waals surface area (Å²) in [5, 5.41) is 0. The van der Waals surface area contributed by atoms with Crippen LogP contribution in [0.4, 0.5) is 0 Å². The Kier molecular flexibility index (Phi) is 3.15. The predicted octanol–water partition coefficient (Wildman–Crippen LogP) is 2.33. The second kappa shape index (κ2) is 4.75. The predicted molar refractivity (Wildman–Crippen MR) is 63.1 cm³/mol. The Morgan fingerprint density at radius 2 is 2.25 bits per heavy atom. The minimum atomic E-state index is -0.352. The molecule has 0 atom stereocenters. The van der Waals surface area contributed by atoms with Gasteiger partial charge in [0.05, 0.1) is 6.61 Å². The summed E-state index contributed by atoms with van der Waals surface area (Å²) in [5.74, 6) is -0.352. The fraction of sp³-hybridized carbons (Fsp3) is 0.231. The van der Waals surface area contributed by atoms with Crippen LogP contribution < -0.4 is 0 Å². The van der Waals surface area contributed by atoms with Crippen molar-refractivity contribution >= 4 is 11.7 Å². The van der Waals surface area contributed by atoms with Gasteiger partial charge in [-0.15, -0.1) is 0 Å². The Bertz CT molecular complexity index is 451. The smallest absolute Gasteiger partial charge is 0.357 e. The highest BCUT2D eigenvalue weighted by Gasteiger charge is 2.19. The molecule has 16 heavy (non-hydrogen) atoms. The molecule has 1 aliphatic heterocycles. The van der Waals surface area contributed by atoms with Gasteiger partial charge >= 0.3 is 5.97 Å². The van der Waals surface area contributed by atoms with E-state index >= 15 is 0 Å². The quantitative estimate of drug-likeness (QED) is 0.663. The van der Waals surface area contributed by atoms with Gasteiger partial charge in [0.15, 0.2) is 5.71 Å². The maximum Gasteiger partial charge on any atom is 0.357 e. The lowest BCUT2D eigenvalue weighted by Gasteiger charge is -2.07. The monoisotopic (exact) mass is 215 g/mol. The van der Waals surface area contributed by atoms with E-state index in [2.05, 4.69) is 4.99 Å². The van der Waals surface area contributed by atoms with Gasteiger partial charge in [0.1, 0.15) is 0 Å². The zero-order chi connectivity index (χ0) is 11.4. The third-order valence-corrected chi connectivity index (χ3v) is 2.38. The molecule has 3 nitrogen and oxygen atoms in total. The number of hydrogen-bond donors (Lipinski definition) is 0. The van der Waals surface area contributed by atoms with Crippen LogP contribution in [0.5, 0.6) is 0 Å². The Balaban J connectivity index is 2.33. The van der Waals surface area contributed by atoms with Gasteiger partial charge in [-0.1, -0.05) is 24.3 Å². The van der Waals surface area contributed by atoms with E-state index < -0.39 is 0 Å². The molecule has 3 heteroatoms. The zero-order valence-corrected chi connectivity index (χ0v) is 9.14. The number of rotatable bonds is 2. The molecule has 0 N–H and O–H groups in total. The molecule has 0 saturated carbocycles. The third kappa shape index (κ3) is 2.19. The summed E-state index contributed by atoms with van der Waals surface area (Å²) in [6.45, 7) is 2.16. The molecule has 2 aliphatic rings. The summed E-state index contributed by atoms with van der Waals surface area (Å²) in [4.78, 5) is 15.8. The highest BCUT2D eigenvalue weighted by molar-refractivity contribution is 6.43. The molecule has 82 valence electrons. The average Bonchev–Trinajstić information content (AvgIpc) is 2.62. The van der Waals surface area contributed by atoms with Crippen LogP contribution in [0.15, 0.2) is 52.7 Å². The largest absolute Gasteiger partial charge is 0.461 e. The van der Waals surface area contributed by atoms with E-state index in [0.29, 0.717) is 12.3 Å². The number of carbonyl (C=O) groups is 1. The lowest BCUT2D eigenvalue weighted by atomic mass is 10.0. The van der Waals surface area contributed by atoms with Gasteiger partial charge < -0.3 is 4.74 Å². The topological polar surface area (TPSA) is 38.7 Å². The summed E-state index contributed by atoms with van der Waals surface area (Å²) in [5.41, 5.74) is 2.46. The minimum absolute atomic E-state index is 0.352. The van der Waals surface area contributed by atoms with Crippen molar-refractivity contribution < 1.29 is 9.53 Å². The van der Waals surface area contributed by atoms with Crippen LogP contribution in [0, 0.1) is 0 Å². The van der Waals surface area contributed by atoms with Gasteiger partial charge in [-0.25, -0.2) is 9.79 Å². The van der Waals surface area contributed by atoms with Gasteiger partial charge in [0, 0.05) is 6.20 Å². The van der Waals surface area contributed by atoms with E-state index in [9.17, 15) is 4.79 Å². The van der Waals surface area contributed by atoms with Crippen molar-refractivity contribution in [3.63, 3.8) is 0 Å². The minimum Gasteiger partial charge on any atom is -0.461 e. The first-order valence-corrected chi connectivity index (χ1v) is 5.29. The summed E-state index contributed by atoms with van der Waals surface area (Å²) in [6, 6.07) is 0. The highest BCUT2D eigenvalue weighted by atomic mass is 16.5. The molecular weight excluding hydrogens is 202 g/mol. The second-order valence-electron chi connectivity index (χ2n) is 3.51. The van der Waals surface area contributed by atoms with Crippen LogP contribution in [0.3, 0.4) is 0 Å². The maximum atomic E-state index is 11.7. The number of hydrogen-bond acceptors (Lipinski definition) is 3. The Labute approximate surface area is 94.5 Å². The molecule has 0 unspecified atom stereocenters. The van der Waals surface area contributed by atoms with Crippen LogP contribution in [0.1, 0.15) is 13.3 Å². The lowest BCUT2D eigenvalue weighted by Crippen LogP contribution is -2.19. The first kappa shape index (κ1) is 10.6. The number of aliphatic imine (C=N–C) groups is 1. The van der Waals surface area contributed by atoms with Crippen molar-refractivity contribution in [2.24, 2.45) is 4.99 Å². The highest BCUT2D eigenvalue weighted by Crippen LogP contribution is 2.21. The third-order valence-electron chi connectivity index (χ3n) is 2.38. The molecule has 0 spiro atoms. The molecule has 1 heterocycles. The van der Waals surface area contributed by atoms with Crippen molar-refractivity contribution in [2.75, 3.05) is 6.61 Å². The molecular formula is C13H13NO2. The van der Waals surface area contributed by atoms with Gasteiger partial charge in [-0.3, -0.25) is 0 Å². The first-order valence-electron chi connectivity index (χ1n) is 5.29. The second-order valence-corrected chi connectivity index (χ2v) is 3.51. The van der Waals surface area contributed by atoms with Gasteiger partial charge in [0.2, 0.25) is 0 Å². The zero-order valence-electron chi connectivity index (χ0n) is 9.14. The van der Waals surface area contributed by atoms with Crippen molar-refractivity contribution in [2.45, 2.75) is 13.3 Å². The molecule has 0 aromatic rings. The molecule has 0 aromatic carbocycles. The number of esters is 1. The number of carbonyl (C=O) groups excluding carboxylic acids is 1. The van der Waals surface area contributed by atoms with Crippen LogP contribution in [0.25, 0.3) is 0 Å².